The Hall–Kier alpha value is -3.44. The predicted molar refractivity (Wildman–Crippen MR) is 139 cm³/mol. The lowest BCUT2D eigenvalue weighted by molar-refractivity contribution is -0.142. The zero-order chi connectivity index (χ0) is 26.5. The van der Waals surface area contributed by atoms with Gasteiger partial charge in [-0.2, -0.15) is 0 Å². The van der Waals surface area contributed by atoms with Crippen molar-refractivity contribution in [1.29, 1.82) is 0 Å². The summed E-state index contributed by atoms with van der Waals surface area (Å²) in [5, 5.41) is 19.0. The average molecular weight is 503 g/mol. The molecule has 0 saturated carbocycles. The van der Waals surface area contributed by atoms with Crippen molar-refractivity contribution in [3.05, 3.63) is 30.5 Å². The first-order valence-electron chi connectivity index (χ1n) is 12.2. The first-order valence-corrected chi connectivity index (χ1v) is 12.2. The highest BCUT2D eigenvalue weighted by Gasteiger charge is 2.23. The first kappa shape index (κ1) is 28.8. The molecule has 1 aromatic carbocycles. The Morgan fingerprint density at radius 2 is 1.94 bits per heavy atom. The molecule has 8 N–H and O–H groups in total. The smallest absolute Gasteiger partial charge is 0.326 e. The van der Waals surface area contributed by atoms with E-state index in [1.807, 2.05) is 24.3 Å². The van der Waals surface area contributed by atoms with E-state index in [1.165, 1.54) is 0 Å². The fourth-order valence-corrected chi connectivity index (χ4v) is 3.74. The summed E-state index contributed by atoms with van der Waals surface area (Å²) in [6.45, 7) is 2.90. The maximum absolute atomic E-state index is 12.2. The molecule has 0 aliphatic heterocycles. The lowest BCUT2D eigenvalue weighted by Crippen LogP contribution is -2.48. The summed E-state index contributed by atoms with van der Waals surface area (Å²) < 4.78 is 5.39. The number of carbonyl (C=O) groups excluding carboxylic acids is 2. The van der Waals surface area contributed by atoms with Gasteiger partial charge in [-0.3, -0.25) is 14.6 Å². The minimum absolute atomic E-state index is 0.0233. The molecule has 1 heterocycles. The molecule has 198 valence electrons. The lowest BCUT2D eigenvalue weighted by atomic mass is 10.1. The Balaban J connectivity index is 1.74. The van der Waals surface area contributed by atoms with Crippen molar-refractivity contribution in [3.63, 3.8) is 0 Å². The molecule has 0 aliphatic carbocycles. The van der Waals surface area contributed by atoms with Gasteiger partial charge in [0.05, 0.1) is 24.4 Å². The second-order valence-corrected chi connectivity index (χ2v) is 8.76. The molecule has 3 atom stereocenters. The summed E-state index contributed by atoms with van der Waals surface area (Å²) in [6, 6.07) is 5.82. The average Bonchev–Trinajstić information content (AvgIpc) is 2.87. The number of fused-ring (bicyclic) bond motifs is 1. The number of rotatable bonds is 16. The number of nitrogens with zero attached hydrogens (tertiary/aromatic N) is 1. The van der Waals surface area contributed by atoms with Crippen molar-refractivity contribution in [2.75, 3.05) is 25.5 Å². The van der Waals surface area contributed by atoms with Gasteiger partial charge in [0.15, 0.2) is 0 Å². The van der Waals surface area contributed by atoms with Crippen molar-refractivity contribution in [1.82, 2.24) is 15.6 Å². The predicted octanol–water partition coefficient (Wildman–Crippen LogP) is 1.36. The minimum atomic E-state index is -1.21. The molecule has 1 aromatic heterocycles. The molecule has 1 unspecified atom stereocenters. The van der Waals surface area contributed by atoms with E-state index in [-0.39, 0.29) is 24.8 Å². The number of ether oxygens (including phenoxy) is 1. The van der Waals surface area contributed by atoms with E-state index in [0.717, 1.165) is 35.2 Å². The third-order valence-electron chi connectivity index (χ3n) is 5.78. The standard InChI is InChI=1S/C25H38N6O5/c1-16(30-21-15-18(36-2)14-17-7-5-13-29-23(17)21)6-4-12-28-22(32)10-9-20(25(34)35)31-24(33)19(27)8-3-11-26/h5,7,13-16,19-20,30H,3-4,6,8-12,26-27H2,1-2H3,(H,28,32)(H,31,33)(H,34,35)/t16?,19-,20+/m0/s1. The molecule has 11 nitrogen and oxygen atoms in total. The summed E-state index contributed by atoms with van der Waals surface area (Å²) in [5.41, 5.74) is 12.9. The normalized spacial score (nSPS) is 13.4. The largest absolute Gasteiger partial charge is 0.497 e. The number of benzene rings is 1. The fourth-order valence-electron chi connectivity index (χ4n) is 3.74. The van der Waals surface area contributed by atoms with Crippen molar-refractivity contribution in [2.45, 2.75) is 63.6 Å². The van der Waals surface area contributed by atoms with Crippen LogP contribution in [0.3, 0.4) is 0 Å². The van der Waals surface area contributed by atoms with Crippen LogP contribution in [0.5, 0.6) is 5.75 Å². The molecule has 0 bridgehead atoms. The number of carbonyl (C=O) groups is 3. The van der Waals surface area contributed by atoms with Crippen LogP contribution in [0.25, 0.3) is 10.9 Å². The van der Waals surface area contributed by atoms with Gasteiger partial charge in [0, 0.05) is 36.7 Å². The number of pyridine rings is 1. The Morgan fingerprint density at radius 1 is 1.17 bits per heavy atom. The highest BCUT2D eigenvalue weighted by Crippen LogP contribution is 2.28. The summed E-state index contributed by atoms with van der Waals surface area (Å²) in [7, 11) is 1.62. The van der Waals surface area contributed by atoms with Gasteiger partial charge >= 0.3 is 5.97 Å². The fraction of sp³-hybridized carbons (Fsp3) is 0.520. The minimum Gasteiger partial charge on any atom is -0.497 e. The first-order chi connectivity index (χ1) is 17.2. The van der Waals surface area contributed by atoms with Crippen molar-refractivity contribution in [3.8, 4) is 5.75 Å². The van der Waals surface area contributed by atoms with Crippen molar-refractivity contribution in [2.24, 2.45) is 11.5 Å². The molecule has 0 saturated heterocycles. The van der Waals surface area contributed by atoms with E-state index >= 15 is 0 Å². The lowest BCUT2D eigenvalue weighted by Gasteiger charge is -2.18. The summed E-state index contributed by atoms with van der Waals surface area (Å²) in [5.74, 6) is -1.30. The molecule has 11 heteroatoms. The number of hydrogen-bond acceptors (Lipinski definition) is 8. The number of nitrogens with two attached hydrogens (primary N) is 2. The van der Waals surface area contributed by atoms with E-state index in [2.05, 4.69) is 27.9 Å². The van der Waals surface area contributed by atoms with Crippen LogP contribution in [0.4, 0.5) is 5.69 Å². The molecule has 0 fully saturated rings. The van der Waals surface area contributed by atoms with Crippen LogP contribution in [0, 0.1) is 0 Å². The van der Waals surface area contributed by atoms with Crippen LogP contribution < -0.4 is 32.2 Å². The van der Waals surface area contributed by atoms with E-state index in [9.17, 15) is 19.5 Å². The number of carboxylic acids is 1. The van der Waals surface area contributed by atoms with E-state index in [1.54, 1.807) is 13.3 Å². The third kappa shape index (κ3) is 9.31. The third-order valence-corrected chi connectivity index (χ3v) is 5.78. The molecule has 0 spiro atoms. The molecule has 0 aliphatic rings. The van der Waals surface area contributed by atoms with Gasteiger partial charge < -0.3 is 37.3 Å². The maximum Gasteiger partial charge on any atom is 0.326 e. The second kappa shape index (κ2) is 14.8. The summed E-state index contributed by atoms with van der Waals surface area (Å²) >= 11 is 0. The number of anilines is 1. The van der Waals surface area contributed by atoms with Gasteiger partial charge in [-0.15, -0.1) is 0 Å². The van der Waals surface area contributed by atoms with Crippen molar-refractivity contribution >= 4 is 34.4 Å². The second-order valence-electron chi connectivity index (χ2n) is 8.76. The van der Waals surface area contributed by atoms with Gasteiger partial charge in [-0.1, -0.05) is 6.07 Å². The zero-order valence-electron chi connectivity index (χ0n) is 21.0. The monoisotopic (exact) mass is 502 g/mol. The van der Waals surface area contributed by atoms with Crippen LogP contribution in [0.2, 0.25) is 0 Å². The number of nitrogens with one attached hydrogen (secondary N) is 3. The molecule has 2 amide bonds. The highest BCUT2D eigenvalue weighted by atomic mass is 16.5. The number of amides is 2. The van der Waals surface area contributed by atoms with E-state index in [4.69, 9.17) is 16.2 Å². The SMILES string of the molecule is COc1cc(NC(C)CCCNC(=O)CC[C@@H](NC(=O)[C@@H](N)CCCN)C(=O)O)c2ncccc2c1. The summed E-state index contributed by atoms with van der Waals surface area (Å²) in [6.07, 6.45) is 4.15. The Labute approximate surface area is 211 Å². The molecular formula is C25H38N6O5. The molecular weight excluding hydrogens is 464 g/mol. The number of aromatic nitrogens is 1. The van der Waals surface area contributed by atoms with Gasteiger partial charge in [0.1, 0.15) is 11.8 Å². The van der Waals surface area contributed by atoms with Gasteiger partial charge in [0.2, 0.25) is 11.8 Å². The topological polar surface area (TPSA) is 182 Å². The molecule has 36 heavy (non-hydrogen) atoms. The van der Waals surface area contributed by atoms with Gasteiger partial charge in [-0.25, -0.2) is 4.79 Å². The van der Waals surface area contributed by atoms with E-state index < -0.39 is 24.0 Å². The Kier molecular flexibility index (Phi) is 11.9. The Morgan fingerprint density at radius 3 is 2.64 bits per heavy atom. The highest BCUT2D eigenvalue weighted by molar-refractivity contribution is 5.92. The number of aliphatic carboxylic acids is 1. The molecule has 2 aromatic rings. The number of carboxylic acid groups (broad SMARTS) is 1. The van der Waals surface area contributed by atoms with Gasteiger partial charge in [0.25, 0.3) is 0 Å². The van der Waals surface area contributed by atoms with E-state index in [0.29, 0.717) is 25.9 Å². The van der Waals surface area contributed by atoms with Crippen molar-refractivity contribution < 1.29 is 24.2 Å². The zero-order valence-corrected chi connectivity index (χ0v) is 21.0. The van der Waals surface area contributed by atoms with Crippen LogP contribution in [0.15, 0.2) is 30.5 Å². The van der Waals surface area contributed by atoms with Crippen LogP contribution in [-0.2, 0) is 14.4 Å². The molecule has 2 rings (SSSR count). The van der Waals surface area contributed by atoms with Crippen LogP contribution in [0.1, 0.15) is 45.4 Å². The summed E-state index contributed by atoms with van der Waals surface area (Å²) in [4.78, 5) is 40.2. The molecule has 0 radical (unpaired) electrons. The Bertz CT molecular complexity index is 1020. The van der Waals surface area contributed by atoms with Gasteiger partial charge in [-0.05, 0) is 57.7 Å². The van der Waals surface area contributed by atoms with Crippen LogP contribution >= 0.6 is 0 Å². The quantitative estimate of drug-likeness (QED) is 0.185. The maximum atomic E-state index is 12.2. The number of methoxy groups -OCH3 is 1. The number of hydrogen-bond donors (Lipinski definition) is 6. The van der Waals surface area contributed by atoms with Crippen LogP contribution in [-0.4, -0.2) is 66.2 Å².